The molecule has 84 valence electrons. The zero-order valence-corrected chi connectivity index (χ0v) is 9.76. The number of hydrogen-bond acceptors (Lipinski definition) is 2. The number of nitriles is 1. The summed E-state index contributed by atoms with van der Waals surface area (Å²) in [5.74, 6) is 1.68. The molecule has 2 nitrogen and oxygen atoms in total. The average Bonchev–Trinajstić information content (AvgIpc) is 3.04. The van der Waals surface area contributed by atoms with E-state index in [0.29, 0.717) is 0 Å². The minimum Gasteiger partial charge on any atom is -0.299 e. The maximum absolute atomic E-state index is 9.37. The lowest BCUT2D eigenvalue weighted by Crippen LogP contribution is -2.44. The van der Waals surface area contributed by atoms with Gasteiger partial charge in [-0.2, -0.15) is 5.26 Å². The van der Waals surface area contributed by atoms with Gasteiger partial charge in [0.05, 0.1) is 6.07 Å². The lowest BCUT2D eigenvalue weighted by Gasteiger charge is -2.26. The highest BCUT2D eigenvalue weighted by Crippen LogP contribution is 2.32. The van der Waals surface area contributed by atoms with Crippen molar-refractivity contribution in [2.75, 3.05) is 6.54 Å². The van der Waals surface area contributed by atoms with Crippen LogP contribution in [-0.2, 0) is 0 Å². The first-order valence-electron chi connectivity index (χ1n) is 6.40. The van der Waals surface area contributed by atoms with Gasteiger partial charge in [-0.1, -0.05) is 19.8 Å². The van der Waals surface area contributed by atoms with Gasteiger partial charge in [0.2, 0.25) is 0 Å². The van der Waals surface area contributed by atoms with Gasteiger partial charge in [0.15, 0.2) is 0 Å². The highest BCUT2D eigenvalue weighted by molar-refractivity contribution is 5.08. The molecular weight excluding hydrogens is 184 g/mol. The molecule has 15 heavy (non-hydrogen) atoms. The van der Waals surface area contributed by atoms with E-state index >= 15 is 0 Å². The van der Waals surface area contributed by atoms with Crippen molar-refractivity contribution in [1.29, 1.82) is 5.26 Å². The average molecular weight is 206 g/mol. The summed E-state index contributed by atoms with van der Waals surface area (Å²) in [5.41, 5.74) is -0.187. The molecule has 0 spiro atoms. The van der Waals surface area contributed by atoms with E-state index in [-0.39, 0.29) is 5.54 Å². The second kappa shape index (κ2) is 4.53. The molecule has 0 aliphatic heterocycles. The van der Waals surface area contributed by atoms with Crippen LogP contribution < -0.4 is 5.32 Å². The summed E-state index contributed by atoms with van der Waals surface area (Å²) in [6.07, 6.45) is 8.57. The van der Waals surface area contributed by atoms with Crippen LogP contribution in [0.3, 0.4) is 0 Å². The van der Waals surface area contributed by atoms with Gasteiger partial charge in [-0.25, -0.2) is 0 Å². The van der Waals surface area contributed by atoms with Gasteiger partial charge in [0.1, 0.15) is 5.54 Å². The molecule has 0 aromatic carbocycles. The van der Waals surface area contributed by atoms with E-state index in [1.807, 2.05) is 0 Å². The topological polar surface area (TPSA) is 35.8 Å². The molecule has 0 aromatic rings. The molecule has 2 aliphatic carbocycles. The van der Waals surface area contributed by atoms with Crippen LogP contribution in [0, 0.1) is 23.2 Å². The minimum atomic E-state index is -0.187. The van der Waals surface area contributed by atoms with E-state index in [1.165, 1.54) is 32.1 Å². The summed E-state index contributed by atoms with van der Waals surface area (Å²) in [5, 5.41) is 12.9. The third kappa shape index (κ3) is 2.95. The van der Waals surface area contributed by atoms with Gasteiger partial charge in [0, 0.05) is 0 Å². The Labute approximate surface area is 93.0 Å². The summed E-state index contributed by atoms with van der Waals surface area (Å²) in [6, 6.07) is 2.55. The smallest absolute Gasteiger partial charge is 0.106 e. The predicted octanol–water partition coefficient (Wildman–Crippen LogP) is 2.85. The standard InChI is InChI=1S/C13H22N2/c1-11-3-2-7-13(10-14,8-6-11)15-9-12-4-5-12/h11-12,15H,2-9H2,1H3. The molecule has 2 atom stereocenters. The second-order valence-electron chi connectivity index (χ2n) is 5.55. The Morgan fingerprint density at radius 3 is 2.73 bits per heavy atom. The Hall–Kier alpha value is -0.550. The van der Waals surface area contributed by atoms with Gasteiger partial charge < -0.3 is 0 Å². The Morgan fingerprint density at radius 2 is 2.07 bits per heavy atom. The predicted molar refractivity (Wildman–Crippen MR) is 61.3 cm³/mol. The molecule has 2 fully saturated rings. The second-order valence-corrected chi connectivity index (χ2v) is 5.55. The summed E-state index contributed by atoms with van der Waals surface area (Å²) in [6.45, 7) is 3.39. The summed E-state index contributed by atoms with van der Waals surface area (Å²) in [4.78, 5) is 0. The molecule has 2 aliphatic rings. The summed E-state index contributed by atoms with van der Waals surface area (Å²) in [7, 11) is 0. The summed E-state index contributed by atoms with van der Waals surface area (Å²) < 4.78 is 0. The summed E-state index contributed by atoms with van der Waals surface area (Å²) >= 11 is 0. The molecule has 2 heteroatoms. The molecular formula is C13H22N2. The fourth-order valence-electron chi connectivity index (χ4n) is 2.50. The first kappa shape index (κ1) is 11.0. The molecule has 1 N–H and O–H groups in total. The third-order valence-electron chi connectivity index (χ3n) is 4.00. The molecule has 0 saturated heterocycles. The van der Waals surface area contributed by atoms with E-state index in [2.05, 4.69) is 18.3 Å². The largest absolute Gasteiger partial charge is 0.299 e. The Kier molecular flexibility index (Phi) is 3.31. The van der Waals surface area contributed by atoms with Crippen LogP contribution in [0.15, 0.2) is 0 Å². The molecule has 0 heterocycles. The van der Waals surface area contributed by atoms with Crippen LogP contribution in [0.2, 0.25) is 0 Å². The van der Waals surface area contributed by atoms with Crippen LogP contribution in [0.5, 0.6) is 0 Å². The van der Waals surface area contributed by atoms with Crippen molar-refractivity contribution >= 4 is 0 Å². The lowest BCUT2D eigenvalue weighted by molar-refractivity contribution is 0.355. The molecule has 0 amide bonds. The molecule has 2 rings (SSSR count). The van der Waals surface area contributed by atoms with E-state index in [9.17, 15) is 5.26 Å². The Bertz CT molecular complexity index is 252. The number of nitrogens with one attached hydrogen (secondary N) is 1. The van der Waals surface area contributed by atoms with Crippen LogP contribution >= 0.6 is 0 Å². The van der Waals surface area contributed by atoms with Crippen molar-refractivity contribution in [3.8, 4) is 6.07 Å². The van der Waals surface area contributed by atoms with Gasteiger partial charge in [-0.15, -0.1) is 0 Å². The zero-order chi connectivity index (χ0) is 10.7. The lowest BCUT2D eigenvalue weighted by atomic mass is 9.91. The highest BCUT2D eigenvalue weighted by atomic mass is 15.0. The van der Waals surface area contributed by atoms with E-state index in [4.69, 9.17) is 0 Å². The van der Waals surface area contributed by atoms with Gasteiger partial charge in [-0.05, 0) is 50.5 Å². The van der Waals surface area contributed by atoms with Crippen LogP contribution in [-0.4, -0.2) is 12.1 Å². The monoisotopic (exact) mass is 206 g/mol. The van der Waals surface area contributed by atoms with Crippen molar-refractivity contribution in [3.63, 3.8) is 0 Å². The first-order chi connectivity index (χ1) is 7.24. The van der Waals surface area contributed by atoms with Crippen molar-refractivity contribution in [1.82, 2.24) is 5.32 Å². The zero-order valence-electron chi connectivity index (χ0n) is 9.76. The maximum Gasteiger partial charge on any atom is 0.106 e. The van der Waals surface area contributed by atoms with Gasteiger partial charge >= 0.3 is 0 Å². The Balaban J connectivity index is 1.90. The van der Waals surface area contributed by atoms with Crippen molar-refractivity contribution in [2.45, 2.75) is 57.4 Å². The normalized spacial score (nSPS) is 36.9. The van der Waals surface area contributed by atoms with Gasteiger partial charge in [-0.3, -0.25) is 5.32 Å². The first-order valence-corrected chi connectivity index (χ1v) is 6.40. The SMILES string of the molecule is CC1CCCC(C#N)(NCC2CC2)CC1. The molecule has 2 saturated carbocycles. The minimum absolute atomic E-state index is 0.187. The van der Waals surface area contributed by atoms with Crippen LogP contribution in [0.4, 0.5) is 0 Å². The fourth-order valence-corrected chi connectivity index (χ4v) is 2.50. The van der Waals surface area contributed by atoms with E-state index in [0.717, 1.165) is 31.2 Å². The van der Waals surface area contributed by atoms with Crippen molar-refractivity contribution in [3.05, 3.63) is 0 Å². The van der Waals surface area contributed by atoms with Crippen LogP contribution in [0.1, 0.15) is 51.9 Å². The fraction of sp³-hybridized carbons (Fsp3) is 0.923. The van der Waals surface area contributed by atoms with Crippen molar-refractivity contribution < 1.29 is 0 Å². The third-order valence-corrected chi connectivity index (χ3v) is 4.00. The Morgan fingerprint density at radius 1 is 1.27 bits per heavy atom. The number of rotatable bonds is 3. The molecule has 0 bridgehead atoms. The maximum atomic E-state index is 9.37. The van der Waals surface area contributed by atoms with Gasteiger partial charge in [0.25, 0.3) is 0 Å². The number of nitrogens with zero attached hydrogens (tertiary/aromatic N) is 1. The highest BCUT2D eigenvalue weighted by Gasteiger charge is 2.33. The molecule has 2 unspecified atom stereocenters. The van der Waals surface area contributed by atoms with E-state index in [1.54, 1.807) is 0 Å². The molecule has 0 aromatic heterocycles. The molecule has 0 radical (unpaired) electrons. The number of hydrogen-bond donors (Lipinski definition) is 1. The van der Waals surface area contributed by atoms with Crippen molar-refractivity contribution in [2.24, 2.45) is 11.8 Å². The quantitative estimate of drug-likeness (QED) is 0.721. The van der Waals surface area contributed by atoms with E-state index < -0.39 is 0 Å². The van der Waals surface area contributed by atoms with Crippen LogP contribution in [0.25, 0.3) is 0 Å².